The van der Waals surface area contributed by atoms with Crippen molar-refractivity contribution < 1.29 is 9.59 Å². The number of hydrogen-bond acceptors (Lipinski definition) is 5. The molecule has 0 bridgehead atoms. The van der Waals surface area contributed by atoms with E-state index >= 15 is 0 Å². The molecule has 0 saturated heterocycles. The van der Waals surface area contributed by atoms with Crippen LogP contribution >= 0.6 is 0 Å². The lowest BCUT2D eigenvalue weighted by Crippen LogP contribution is -2.23. The average molecular weight is 421 g/mol. The van der Waals surface area contributed by atoms with Crippen molar-refractivity contribution in [2.24, 2.45) is 0 Å². The topological polar surface area (TPSA) is 93.0 Å². The minimum Gasteiger partial charge on any atom is -0.342 e. The van der Waals surface area contributed by atoms with Gasteiger partial charge in [-0.15, -0.1) is 0 Å². The number of nitrogens with one attached hydrogen (secondary N) is 1. The smallest absolute Gasteiger partial charge is 0.251 e. The molecule has 0 atom stereocenters. The van der Waals surface area contributed by atoms with Crippen LogP contribution < -0.4 is 5.32 Å². The molecule has 3 aromatic rings. The zero-order chi connectivity index (χ0) is 22.7. The van der Waals surface area contributed by atoms with Crippen LogP contribution in [0.5, 0.6) is 0 Å². The van der Waals surface area contributed by atoms with E-state index in [4.69, 9.17) is 0 Å². The number of aryl methyl sites for hydroxylation is 3. The third kappa shape index (κ3) is 5.33. The summed E-state index contributed by atoms with van der Waals surface area (Å²) in [6, 6.07) is 9.42. The standard InChI is InChI=1S/C23H28N6O2/c1-14-10-15(2)25-23(24-14)29-17(4)21(16(3)27-29)12-22(31)26-20-9-7-8-19(11-20)13-28(6)18(5)30/h7-11H,12-13H2,1-6H3,(H,26,31). The second-order valence-corrected chi connectivity index (χ2v) is 7.81. The molecule has 2 aromatic heterocycles. The van der Waals surface area contributed by atoms with Gasteiger partial charge in [0.25, 0.3) is 5.95 Å². The molecule has 0 fully saturated rings. The van der Waals surface area contributed by atoms with Gasteiger partial charge in [0.1, 0.15) is 0 Å². The van der Waals surface area contributed by atoms with Crippen LogP contribution in [0.25, 0.3) is 5.95 Å². The van der Waals surface area contributed by atoms with Crippen molar-refractivity contribution in [1.29, 1.82) is 0 Å². The minimum atomic E-state index is -0.135. The van der Waals surface area contributed by atoms with Crippen LogP contribution in [0.15, 0.2) is 30.3 Å². The number of benzene rings is 1. The maximum Gasteiger partial charge on any atom is 0.251 e. The maximum atomic E-state index is 12.7. The molecule has 0 saturated carbocycles. The van der Waals surface area contributed by atoms with Crippen molar-refractivity contribution in [2.45, 2.75) is 47.6 Å². The van der Waals surface area contributed by atoms with Gasteiger partial charge in [-0.2, -0.15) is 5.10 Å². The lowest BCUT2D eigenvalue weighted by molar-refractivity contribution is -0.128. The van der Waals surface area contributed by atoms with E-state index in [1.807, 2.05) is 58.0 Å². The summed E-state index contributed by atoms with van der Waals surface area (Å²) in [4.78, 5) is 34.8. The summed E-state index contributed by atoms with van der Waals surface area (Å²) in [5.41, 5.74) is 5.84. The van der Waals surface area contributed by atoms with E-state index < -0.39 is 0 Å². The summed E-state index contributed by atoms with van der Waals surface area (Å²) < 4.78 is 1.69. The van der Waals surface area contributed by atoms with Gasteiger partial charge in [-0.25, -0.2) is 14.6 Å². The van der Waals surface area contributed by atoms with Crippen LogP contribution in [-0.2, 0) is 22.6 Å². The molecule has 0 aliphatic rings. The molecule has 31 heavy (non-hydrogen) atoms. The molecule has 2 amide bonds. The largest absolute Gasteiger partial charge is 0.342 e. The summed E-state index contributed by atoms with van der Waals surface area (Å²) in [7, 11) is 1.75. The molecule has 2 heterocycles. The zero-order valence-corrected chi connectivity index (χ0v) is 18.9. The van der Waals surface area contributed by atoms with Gasteiger partial charge >= 0.3 is 0 Å². The highest BCUT2D eigenvalue weighted by molar-refractivity contribution is 5.92. The second-order valence-electron chi connectivity index (χ2n) is 7.81. The molecule has 8 nitrogen and oxygen atoms in total. The fourth-order valence-electron chi connectivity index (χ4n) is 3.43. The fourth-order valence-corrected chi connectivity index (χ4v) is 3.43. The average Bonchev–Trinajstić information content (AvgIpc) is 2.95. The Morgan fingerprint density at radius 3 is 2.39 bits per heavy atom. The van der Waals surface area contributed by atoms with E-state index in [1.165, 1.54) is 6.92 Å². The van der Waals surface area contributed by atoms with Gasteiger partial charge in [-0.3, -0.25) is 9.59 Å². The summed E-state index contributed by atoms with van der Waals surface area (Å²) in [6.07, 6.45) is 0.194. The molecule has 0 radical (unpaired) electrons. The minimum absolute atomic E-state index is 0.00909. The van der Waals surface area contributed by atoms with Gasteiger partial charge in [0.15, 0.2) is 0 Å². The second kappa shape index (κ2) is 9.07. The van der Waals surface area contributed by atoms with Gasteiger partial charge in [0.05, 0.1) is 12.1 Å². The number of carbonyl (C=O) groups is 2. The molecular weight excluding hydrogens is 392 g/mol. The SMILES string of the molecule is CC(=O)N(C)Cc1cccc(NC(=O)Cc2c(C)nn(-c3nc(C)cc(C)n3)c2C)c1. The Bertz CT molecular complexity index is 1110. The molecule has 0 aliphatic carbocycles. The third-order valence-electron chi connectivity index (χ3n) is 5.11. The van der Waals surface area contributed by atoms with Crippen LogP contribution in [0, 0.1) is 27.7 Å². The Balaban J connectivity index is 1.76. The molecular formula is C23H28N6O2. The molecule has 0 spiro atoms. The van der Waals surface area contributed by atoms with E-state index in [0.29, 0.717) is 18.2 Å². The van der Waals surface area contributed by atoms with E-state index in [1.54, 1.807) is 16.6 Å². The number of aromatic nitrogens is 4. The fraction of sp³-hybridized carbons (Fsp3) is 0.348. The van der Waals surface area contributed by atoms with Gasteiger partial charge in [0, 0.05) is 48.8 Å². The predicted molar refractivity (Wildman–Crippen MR) is 119 cm³/mol. The van der Waals surface area contributed by atoms with Crippen molar-refractivity contribution >= 4 is 17.5 Å². The number of rotatable bonds is 6. The Hall–Kier alpha value is -3.55. The lowest BCUT2D eigenvalue weighted by atomic mass is 10.1. The van der Waals surface area contributed by atoms with Crippen molar-refractivity contribution in [1.82, 2.24) is 24.6 Å². The number of amides is 2. The predicted octanol–water partition coefficient (Wildman–Crippen LogP) is 3.06. The number of hydrogen-bond donors (Lipinski definition) is 1. The van der Waals surface area contributed by atoms with Crippen LogP contribution in [0.3, 0.4) is 0 Å². The van der Waals surface area contributed by atoms with Gasteiger partial charge in [-0.05, 0) is 51.5 Å². The summed E-state index contributed by atoms with van der Waals surface area (Å²) in [6.45, 7) is 9.65. The van der Waals surface area contributed by atoms with Crippen molar-refractivity contribution in [3.8, 4) is 5.95 Å². The first-order chi connectivity index (χ1) is 14.6. The first-order valence-electron chi connectivity index (χ1n) is 10.1. The van der Waals surface area contributed by atoms with Crippen molar-refractivity contribution in [3.05, 3.63) is 64.2 Å². The highest BCUT2D eigenvalue weighted by Crippen LogP contribution is 2.19. The number of carbonyl (C=O) groups excluding carboxylic acids is 2. The third-order valence-corrected chi connectivity index (χ3v) is 5.11. The quantitative estimate of drug-likeness (QED) is 0.662. The van der Waals surface area contributed by atoms with E-state index in [9.17, 15) is 9.59 Å². The molecule has 162 valence electrons. The Labute approximate surface area is 182 Å². The summed E-state index contributed by atoms with van der Waals surface area (Å²) in [5.74, 6) is 0.362. The van der Waals surface area contributed by atoms with Crippen molar-refractivity contribution in [2.75, 3.05) is 12.4 Å². The molecule has 0 unspecified atom stereocenters. The Morgan fingerprint density at radius 2 is 1.74 bits per heavy atom. The highest BCUT2D eigenvalue weighted by atomic mass is 16.2. The van der Waals surface area contributed by atoms with Gasteiger partial charge < -0.3 is 10.2 Å². The summed E-state index contributed by atoms with van der Waals surface area (Å²) >= 11 is 0. The molecule has 0 aliphatic heterocycles. The normalized spacial score (nSPS) is 10.8. The number of anilines is 1. The Kier molecular flexibility index (Phi) is 6.48. The van der Waals surface area contributed by atoms with E-state index in [2.05, 4.69) is 20.4 Å². The molecule has 1 aromatic carbocycles. The van der Waals surface area contributed by atoms with E-state index in [-0.39, 0.29) is 18.2 Å². The molecule has 1 N–H and O–H groups in total. The number of nitrogens with zero attached hydrogens (tertiary/aromatic N) is 5. The van der Waals surface area contributed by atoms with Crippen LogP contribution in [0.1, 0.15) is 40.8 Å². The molecule has 8 heteroatoms. The monoisotopic (exact) mass is 420 g/mol. The van der Waals surface area contributed by atoms with Crippen LogP contribution in [0.4, 0.5) is 5.69 Å². The summed E-state index contributed by atoms with van der Waals surface area (Å²) in [5, 5.41) is 7.50. The van der Waals surface area contributed by atoms with Crippen LogP contribution in [-0.4, -0.2) is 43.5 Å². The Morgan fingerprint density at radius 1 is 1.06 bits per heavy atom. The maximum absolute atomic E-state index is 12.7. The molecule has 3 rings (SSSR count). The van der Waals surface area contributed by atoms with Gasteiger partial charge in [-0.1, -0.05) is 12.1 Å². The first-order valence-corrected chi connectivity index (χ1v) is 10.1. The first kappa shape index (κ1) is 22.1. The van der Waals surface area contributed by atoms with Gasteiger partial charge in [0.2, 0.25) is 11.8 Å². The lowest BCUT2D eigenvalue weighted by Gasteiger charge is -2.15. The van der Waals surface area contributed by atoms with Crippen LogP contribution in [0.2, 0.25) is 0 Å². The van der Waals surface area contributed by atoms with Crippen molar-refractivity contribution in [3.63, 3.8) is 0 Å². The zero-order valence-electron chi connectivity index (χ0n) is 18.9. The highest BCUT2D eigenvalue weighted by Gasteiger charge is 2.18. The van der Waals surface area contributed by atoms with E-state index in [0.717, 1.165) is 33.9 Å².